The standard InChI is InChI=1S/C10H9BrClN3O2S/c1-6-13-5-10(14-6)18(16,17)15-7-2-3-9(12)8(11)4-7/h2-5,15H,1H3,(H,13,14). The SMILES string of the molecule is Cc1ncc(S(=O)(=O)Nc2ccc(Cl)c(Br)c2)[nH]1. The smallest absolute Gasteiger partial charge is 0.278 e. The van der Waals surface area contributed by atoms with Gasteiger partial charge in [-0.25, -0.2) is 4.98 Å². The van der Waals surface area contributed by atoms with Crippen LogP contribution in [-0.4, -0.2) is 18.4 Å². The van der Waals surface area contributed by atoms with Crippen LogP contribution in [0.1, 0.15) is 5.82 Å². The first-order chi connectivity index (χ1) is 8.38. The minimum absolute atomic E-state index is 0.0195. The van der Waals surface area contributed by atoms with Gasteiger partial charge in [0.15, 0.2) is 5.03 Å². The van der Waals surface area contributed by atoms with E-state index in [1.807, 2.05) is 0 Å². The van der Waals surface area contributed by atoms with Gasteiger partial charge in [0.05, 0.1) is 16.9 Å². The molecule has 0 radical (unpaired) electrons. The van der Waals surface area contributed by atoms with Gasteiger partial charge in [0.1, 0.15) is 5.82 Å². The molecular weight excluding hydrogens is 342 g/mol. The summed E-state index contributed by atoms with van der Waals surface area (Å²) >= 11 is 9.06. The summed E-state index contributed by atoms with van der Waals surface area (Å²) < 4.78 is 27.0. The fourth-order valence-electron chi connectivity index (χ4n) is 1.30. The fraction of sp³-hybridized carbons (Fsp3) is 0.100. The van der Waals surface area contributed by atoms with Gasteiger partial charge in [-0.05, 0) is 41.1 Å². The molecular formula is C10H9BrClN3O2S. The van der Waals surface area contributed by atoms with Crippen LogP contribution in [0.25, 0.3) is 0 Å². The molecule has 5 nitrogen and oxygen atoms in total. The van der Waals surface area contributed by atoms with E-state index in [1.165, 1.54) is 6.20 Å². The van der Waals surface area contributed by atoms with Crippen LogP contribution < -0.4 is 4.72 Å². The van der Waals surface area contributed by atoms with Gasteiger partial charge in [-0.15, -0.1) is 0 Å². The van der Waals surface area contributed by atoms with Crippen molar-refractivity contribution in [1.29, 1.82) is 0 Å². The van der Waals surface area contributed by atoms with Crippen molar-refractivity contribution in [2.75, 3.05) is 4.72 Å². The molecule has 18 heavy (non-hydrogen) atoms. The third-order valence-electron chi connectivity index (χ3n) is 2.14. The number of sulfonamides is 1. The molecule has 0 saturated heterocycles. The maximum Gasteiger partial charge on any atom is 0.278 e. The Labute approximate surface area is 118 Å². The third kappa shape index (κ3) is 2.85. The summed E-state index contributed by atoms with van der Waals surface area (Å²) in [6.45, 7) is 1.68. The average molecular weight is 351 g/mol. The van der Waals surface area contributed by atoms with Gasteiger partial charge in [0.2, 0.25) is 0 Å². The zero-order chi connectivity index (χ0) is 13.3. The number of rotatable bonds is 3. The van der Waals surface area contributed by atoms with E-state index in [9.17, 15) is 8.42 Å². The Hall–Kier alpha value is -1.05. The quantitative estimate of drug-likeness (QED) is 0.893. The van der Waals surface area contributed by atoms with Crippen LogP contribution >= 0.6 is 27.5 Å². The first-order valence-corrected chi connectivity index (χ1v) is 7.53. The summed E-state index contributed by atoms with van der Waals surface area (Å²) in [5, 5.41) is 0.529. The molecule has 0 spiro atoms. The van der Waals surface area contributed by atoms with Crippen molar-refractivity contribution in [1.82, 2.24) is 9.97 Å². The number of aryl methyl sites for hydroxylation is 1. The van der Waals surface area contributed by atoms with Gasteiger partial charge in [-0.2, -0.15) is 8.42 Å². The van der Waals surface area contributed by atoms with Gasteiger partial charge in [0, 0.05) is 4.47 Å². The van der Waals surface area contributed by atoms with Gasteiger partial charge in [-0.1, -0.05) is 11.6 Å². The second-order valence-corrected chi connectivity index (χ2v) is 6.48. The molecule has 0 aliphatic rings. The molecule has 1 heterocycles. The highest BCUT2D eigenvalue weighted by atomic mass is 79.9. The highest BCUT2D eigenvalue weighted by Crippen LogP contribution is 2.26. The number of nitrogens with one attached hydrogen (secondary N) is 2. The molecule has 0 atom stereocenters. The Morgan fingerprint density at radius 3 is 2.72 bits per heavy atom. The Morgan fingerprint density at radius 2 is 2.17 bits per heavy atom. The van der Waals surface area contributed by atoms with Crippen LogP contribution in [0, 0.1) is 6.92 Å². The number of halogens is 2. The van der Waals surface area contributed by atoms with Crippen molar-refractivity contribution in [3.63, 3.8) is 0 Å². The van der Waals surface area contributed by atoms with E-state index in [0.717, 1.165) is 0 Å². The zero-order valence-corrected chi connectivity index (χ0v) is 12.4. The third-order valence-corrected chi connectivity index (χ3v) is 4.65. The van der Waals surface area contributed by atoms with E-state index in [2.05, 4.69) is 30.6 Å². The Balaban J connectivity index is 2.30. The summed E-state index contributed by atoms with van der Waals surface area (Å²) in [6, 6.07) is 4.76. The minimum atomic E-state index is -3.65. The summed E-state index contributed by atoms with van der Waals surface area (Å²) in [6.07, 6.45) is 1.27. The maximum atomic E-state index is 12.0. The summed E-state index contributed by atoms with van der Waals surface area (Å²) in [4.78, 5) is 6.51. The Morgan fingerprint density at radius 1 is 1.44 bits per heavy atom. The number of aromatic amines is 1. The number of hydrogen-bond donors (Lipinski definition) is 2. The van der Waals surface area contributed by atoms with Crippen molar-refractivity contribution in [3.05, 3.63) is 39.7 Å². The Kier molecular flexibility index (Phi) is 3.65. The molecule has 96 valence electrons. The molecule has 0 aliphatic heterocycles. The van der Waals surface area contributed by atoms with E-state index in [-0.39, 0.29) is 5.03 Å². The van der Waals surface area contributed by atoms with Crippen molar-refractivity contribution < 1.29 is 8.42 Å². The summed E-state index contributed by atoms with van der Waals surface area (Å²) in [5.41, 5.74) is 0.415. The summed E-state index contributed by atoms with van der Waals surface area (Å²) in [7, 11) is -3.65. The molecule has 0 unspecified atom stereocenters. The van der Waals surface area contributed by atoms with Crippen LogP contribution in [0.5, 0.6) is 0 Å². The Bertz CT molecular complexity index is 684. The van der Waals surface area contributed by atoms with Gasteiger partial charge in [0.25, 0.3) is 10.0 Å². The van der Waals surface area contributed by atoms with Crippen molar-refractivity contribution in [2.45, 2.75) is 11.9 Å². The number of benzene rings is 1. The molecule has 0 saturated carbocycles. The highest BCUT2D eigenvalue weighted by molar-refractivity contribution is 9.10. The van der Waals surface area contributed by atoms with Crippen LogP contribution in [0.4, 0.5) is 5.69 Å². The number of imidazole rings is 1. The van der Waals surface area contributed by atoms with Crippen LogP contribution in [0.3, 0.4) is 0 Å². The van der Waals surface area contributed by atoms with Crippen LogP contribution in [0.2, 0.25) is 5.02 Å². The zero-order valence-electron chi connectivity index (χ0n) is 9.24. The van der Waals surface area contributed by atoms with Crippen LogP contribution in [0.15, 0.2) is 33.9 Å². The van der Waals surface area contributed by atoms with Crippen molar-refractivity contribution >= 4 is 43.2 Å². The molecule has 0 amide bonds. The number of anilines is 1. The van der Waals surface area contributed by atoms with Gasteiger partial charge in [-0.3, -0.25) is 4.72 Å². The lowest BCUT2D eigenvalue weighted by Crippen LogP contribution is -2.13. The molecule has 0 fully saturated rings. The molecule has 0 bridgehead atoms. The monoisotopic (exact) mass is 349 g/mol. The highest BCUT2D eigenvalue weighted by Gasteiger charge is 2.16. The summed E-state index contributed by atoms with van der Waals surface area (Å²) in [5.74, 6) is 0.535. The molecule has 8 heteroatoms. The van der Waals surface area contributed by atoms with E-state index in [0.29, 0.717) is 21.0 Å². The molecule has 2 N–H and O–H groups in total. The van der Waals surface area contributed by atoms with Gasteiger partial charge >= 0.3 is 0 Å². The average Bonchev–Trinajstić information content (AvgIpc) is 2.71. The number of H-pyrrole nitrogens is 1. The second kappa shape index (κ2) is 4.91. The van der Waals surface area contributed by atoms with Crippen molar-refractivity contribution in [3.8, 4) is 0 Å². The lowest BCUT2D eigenvalue weighted by atomic mass is 10.3. The van der Waals surface area contributed by atoms with Gasteiger partial charge < -0.3 is 4.98 Å². The largest absolute Gasteiger partial charge is 0.332 e. The van der Waals surface area contributed by atoms with E-state index in [4.69, 9.17) is 11.6 Å². The first-order valence-electron chi connectivity index (χ1n) is 4.88. The number of hydrogen-bond acceptors (Lipinski definition) is 3. The molecule has 2 rings (SSSR count). The lowest BCUT2D eigenvalue weighted by Gasteiger charge is -2.07. The molecule has 0 aliphatic carbocycles. The minimum Gasteiger partial charge on any atom is -0.332 e. The van der Waals surface area contributed by atoms with E-state index >= 15 is 0 Å². The van der Waals surface area contributed by atoms with Crippen molar-refractivity contribution in [2.24, 2.45) is 0 Å². The predicted octanol–water partition coefficient (Wildman–Crippen LogP) is 2.93. The molecule has 2 aromatic rings. The first kappa shape index (κ1) is 13.4. The number of aromatic nitrogens is 2. The molecule has 1 aromatic heterocycles. The second-order valence-electron chi connectivity index (χ2n) is 3.57. The normalized spacial score (nSPS) is 11.5. The topological polar surface area (TPSA) is 74.8 Å². The lowest BCUT2D eigenvalue weighted by molar-refractivity contribution is 0.598. The van der Waals surface area contributed by atoms with E-state index < -0.39 is 10.0 Å². The van der Waals surface area contributed by atoms with E-state index in [1.54, 1.807) is 25.1 Å². The molecule has 1 aromatic carbocycles. The maximum absolute atomic E-state index is 12.0. The fourth-order valence-corrected chi connectivity index (χ4v) is 2.82. The predicted molar refractivity (Wildman–Crippen MR) is 73.3 cm³/mol. The van der Waals surface area contributed by atoms with Crippen LogP contribution in [-0.2, 0) is 10.0 Å². The number of nitrogens with zero attached hydrogens (tertiary/aromatic N) is 1.